The van der Waals surface area contributed by atoms with E-state index in [1.54, 1.807) is 24.5 Å². The SMILES string of the molecule is Cc1cc(O)ccc1Oc1ccc2c(c1)ncn2C. The van der Waals surface area contributed by atoms with Gasteiger partial charge in [-0.05, 0) is 42.8 Å². The van der Waals surface area contributed by atoms with Gasteiger partial charge in [-0.3, -0.25) is 0 Å². The summed E-state index contributed by atoms with van der Waals surface area (Å²) in [6.07, 6.45) is 1.78. The maximum atomic E-state index is 9.38. The number of ether oxygens (including phenoxy) is 1. The second-order valence-electron chi connectivity index (χ2n) is 4.56. The Hall–Kier alpha value is -2.49. The molecule has 96 valence electrons. The summed E-state index contributed by atoms with van der Waals surface area (Å²) in [5.41, 5.74) is 2.85. The minimum absolute atomic E-state index is 0.241. The Morgan fingerprint density at radius 3 is 2.79 bits per heavy atom. The lowest BCUT2D eigenvalue weighted by Crippen LogP contribution is -1.88. The van der Waals surface area contributed by atoms with Crippen molar-refractivity contribution in [3.05, 3.63) is 48.3 Å². The van der Waals surface area contributed by atoms with Crippen LogP contribution >= 0.6 is 0 Å². The van der Waals surface area contributed by atoms with Crippen LogP contribution in [0.2, 0.25) is 0 Å². The molecule has 0 aliphatic heterocycles. The van der Waals surface area contributed by atoms with E-state index in [0.717, 1.165) is 28.1 Å². The summed E-state index contributed by atoms with van der Waals surface area (Å²) in [5.74, 6) is 1.71. The highest BCUT2D eigenvalue weighted by Gasteiger charge is 2.05. The Kier molecular flexibility index (Phi) is 2.63. The van der Waals surface area contributed by atoms with Crippen LogP contribution < -0.4 is 4.74 Å². The third-order valence-corrected chi connectivity index (χ3v) is 3.08. The number of imidazole rings is 1. The van der Waals surface area contributed by atoms with Gasteiger partial charge in [-0.1, -0.05) is 0 Å². The zero-order chi connectivity index (χ0) is 13.4. The molecular formula is C15H14N2O2. The summed E-state index contributed by atoms with van der Waals surface area (Å²) < 4.78 is 7.78. The Bertz CT molecular complexity index is 747. The molecule has 3 rings (SSSR count). The summed E-state index contributed by atoms with van der Waals surface area (Å²) in [6.45, 7) is 1.90. The van der Waals surface area contributed by atoms with E-state index < -0.39 is 0 Å². The minimum Gasteiger partial charge on any atom is -0.508 e. The Morgan fingerprint density at radius 2 is 2.00 bits per heavy atom. The van der Waals surface area contributed by atoms with Crippen molar-refractivity contribution < 1.29 is 9.84 Å². The zero-order valence-corrected chi connectivity index (χ0v) is 10.8. The summed E-state index contributed by atoms with van der Waals surface area (Å²) in [7, 11) is 1.96. The number of hydrogen-bond acceptors (Lipinski definition) is 3. The van der Waals surface area contributed by atoms with Crippen molar-refractivity contribution in [2.24, 2.45) is 7.05 Å². The predicted molar refractivity (Wildman–Crippen MR) is 73.6 cm³/mol. The van der Waals surface area contributed by atoms with E-state index in [2.05, 4.69) is 4.98 Å². The Morgan fingerprint density at radius 1 is 1.16 bits per heavy atom. The molecule has 0 fully saturated rings. The smallest absolute Gasteiger partial charge is 0.130 e. The molecule has 0 spiro atoms. The standard InChI is InChI=1S/C15H14N2O2/c1-10-7-11(18)3-6-15(10)19-12-4-5-14-13(8-12)16-9-17(14)2/h3-9,18H,1-2H3. The first kappa shape index (κ1) is 11.6. The van der Waals surface area contributed by atoms with Crippen LogP contribution in [0.25, 0.3) is 11.0 Å². The molecule has 4 nitrogen and oxygen atoms in total. The first-order chi connectivity index (χ1) is 9.13. The van der Waals surface area contributed by atoms with Gasteiger partial charge in [-0.2, -0.15) is 0 Å². The van der Waals surface area contributed by atoms with Crippen molar-refractivity contribution in [2.75, 3.05) is 0 Å². The van der Waals surface area contributed by atoms with Crippen molar-refractivity contribution in [3.8, 4) is 17.2 Å². The van der Waals surface area contributed by atoms with Crippen molar-refractivity contribution in [1.29, 1.82) is 0 Å². The molecule has 0 unspecified atom stereocenters. The second kappa shape index (κ2) is 4.31. The summed E-state index contributed by atoms with van der Waals surface area (Å²) in [6, 6.07) is 10.8. The van der Waals surface area contributed by atoms with Crippen LogP contribution in [-0.2, 0) is 7.05 Å². The molecule has 1 aromatic heterocycles. The van der Waals surface area contributed by atoms with Gasteiger partial charge in [-0.15, -0.1) is 0 Å². The van der Waals surface area contributed by atoms with Crippen molar-refractivity contribution in [1.82, 2.24) is 9.55 Å². The lowest BCUT2D eigenvalue weighted by atomic mass is 10.2. The van der Waals surface area contributed by atoms with E-state index in [1.807, 2.05) is 36.7 Å². The maximum Gasteiger partial charge on any atom is 0.130 e. The van der Waals surface area contributed by atoms with Crippen LogP contribution in [0.4, 0.5) is 0 Å². The van der Waals surface area contributed by atoms with Gasteiger partial charge in [0.2, 0.25) is 0 Å². The van der Waals surface area contributed by atoms with E-state index in [4.69, 9.17) is 4.74 Å². The summed E-state index contributed by atoms with van der Waals surface area (Å²) in [5, 5.41) is 9.38. The number of aryl methyl sites for hydroxylation is 2. The van der Waals surface area contributed by atoms with Crippen LogP contribution in [0.1, 0.15) is 5.56 Å². The van der Waals surface area contributed by atoms with Crippen LogP contribution in [0.15, 0.2) is 42.7 Å². The highest BCUT2D eigenvalue weighted by atomic mass is 16.5. The van der Waals surface area contributed by atoms with Crippen LogP contribution in [-0.4, -0.2) is 14.7 Å². The number of aromatic nitrogens is 2. The second-order valence-corrected chi connectivity index (χ2v) is 4.56. The topological polar surface area (TPSA) is 47.3 Å². The van der Waals surface area contributed by atoms with Crippen LogP contribution in [0.5, 0.6) is 17.2 Å². The third kappa shape index (κ3) is 2.12. The number of phenols is 1. The highest BCUT2D eigenvalue weighted by molar-refractivity contribution is 5.77. The maximum absolute atomic E-state index is 9.38. The lowest BCUT2D eigenvalue weighted by Gasteiger charge is -2.09. The number of hydrogen-bond donors (Lipinski definition) is 1. The van der Waals surface area contributed by atoms with Gasteiger partial charge in [0.1, 0.15) is 17.2 Å². The number of fused-ring (bicyclic) bond motifs is 1. The van der Waals surface area contributed by atoms with E-state index >= 15 is 0 Å². The molecule has 0 atom stereocenters. The fourth-order valence-corrected chi connectivity index (χ4v) is 2.05. The van der Waals surface area contributed by atoms with Gasteiger partial charge in [0.25, 0.3) is 0 Å². The van der Waals surface area contributed by atoms with Gasteiger partial charge < -0.3 is 14.4 Å². The largest absolute Gasteiger partial charge is 0.508 e. The van der Waals surface area contributed by atoms with E-state index in [9.17, 15) is 5.11 Å². The van der Waals surface area contributed by atoms with Gasteiger partial charge in [0.05, 0.1) is 17.4 Å². The molecule has 4 heteroatoms. The molecule has 0 bridgehead atoms. The quantitative estimate of drug-likeness (QED) is 0.762. The number of rotatable bonds is 2. The number of phenolic OH excluding ortho intramolecular Hbond substituents is 1. The molecule has 0 saturated carbocycles. The molecular weight excluding hydrogens is 240 g/mol. The molecule has 2 aromatic carbocycles. The molecule has 0 saturated heterocycles. The molecule has 0 aliphatic rings. The van der Waals surface area contributed by atoms with E-state index in [1.165, 1.54) is 0 Å². The fourth-order valence-electron chi connectivity index (χ4n) is 2.05. The predicted octanol–water partition coefficient (Wildman–Crippen LogP) is 3.38. The van der Waals surface area contributed by atoms with Crippen LogP contribution in [0.3, 0.4) is 0 Å². The van der Waals surface area contributed by atoms with Crippen LogP contribution in [0, 0.1) is 6.92 Å². The van der Waals surface area contributed by atoms with E-state index in [0.29, 0.717) is 0 Å². The minimum atomic E-state index is 0.241. The molecule has 0 aliphatic carbocycles. The van der Waals surface area contributed by atoms with E-state index in [-0.39, 0.29) is 5.75 Å². The van der Waals surface area contributed by atoms with Crippen molar-refractivity contribution >= 4 is 11.0 Å². The number of benzene rings is 2. The Labute approximate surface area is 110 Å². The van der Waals surface area contributed by atoms with Crippen molar-refractivity contribution in [3.63, 3.8) is 0 Å². The van der Waals surface area contributed by atoms with Gasteiger partial charge in [-0.25, -0.2) is 4.98 Å². The Balaban J connectivity index is 1.96. The van der Waals surface area contributed by atoms with Gasteiger partial charge in [0, 0.05) is 13.1 Å². The average molecular weight is 254 g/mol. The molecule has 0 amide bonds. The van der Waals surface area contributed by atoms with Gasteiger partial charge in [0.15, 0.2) is 0 Å². The summed E-state index contributed by atoms with van der Waals surface area (Å²) >= 11 is 0. The van der Waals surface area contributed by atoms with Gasteiger partial charge >= 0.3 is 0 Å². The monoisotopic (exact) mass is 254 g/mol. The summed E-state index contributed by atoms with van der Waals surface area (Å²) in [4.78, 5) is 4.30. The molecule has 0 radical (unpaired) electrons. The molecule has 3 aromatic rings. The average Bonchev–Trinajstić information content (AvgIpc) is 2.74. The number of nitrogens with zero attached hydrogens (tertiary/aromatic N) is 2. The molecule has 19 heavy (non-hydrogen) atoms. The normalized spacial score (nSPS) is 10.8. The first-order valence-corrected chi connectivity index (χ1v) is 6.02. The third-order valence-electron chi connectivity index (χ3n) is 3.08. The molecule has 1 N–H and O–H groups in total. The zero-order valence-electron chi connectivity index (χ0n) is 10.8. The highest BCUT2D eigenvalue weighted by Crippen LogP contribution is 2.29. The number of aromatic hydroxyl groups is 1. The fraction of sp³-hybridized carbons (Fsp3) is 0.133. The lowest BCUT2D eigenvalue weighted by molar-refractivity contribution is 0.462. The van der Waals surface area contributed by atoms with Crippen molar-refractivity contribution in [2.45, 2.75) is 6.92 Å². The first-order valence-electron chi connectivity index (χ1n) is 6.02. The molecule has 1 heterocycles.